The largest absolute Gasteiger partial charge is 0.251 e. The van der Waals surface area contributed by atoms with Crippen molar-refractivity contribution in [2.24, 2.45) is 0 Å². The Morgan fingerprint density at radius 3 is 0.771 bits per heavy atom. The van der Waals surface area contributed by atoms with Crippen molar-refractivity contribution in [3.63, 3.8) is 0 Å². The van der Waals surface area contributed by atoms with Gasteiger partial charge in [-0.3, -0.25) is 5.26 Å². The minimum absolute atomic E-state index is 0. The summed E-state index contributed by atoms with van der Waals surface area (Å²) < 4.78 is 0. The predicted octanol–water partition coefficient (Wildman–Crippen LogP) is 9.32. The molecule has 0 amide bonds. The van der Waals surface area contributed by atoms with Crippen LogP contribution in [0, 0.1) is 79.1 Å². The van der Waals surface area contributed by atoms with E-state index in [-0.39, 0.29) is 25.8 Å². The van der Waals surface area contributed by atoms with Gasteiger partial charge in [0.15, 0.2) is 0 Å². The zero-order valence-electron chi connectivity index (χ0n) is 25.1. The van der Waals surface area contributed by atoms with Crippen molar-refractivity contribution in [3.05, 3.63) is 94.6 Å². The van der Waals surface area contributed by atoms with Crippen molar-refractivity contribution in [2.45, 2.75) is 109 Å². The molecule has 0 aliphatic heterocycles. The van der Waals surface area contributed by atoms with Crippen LogP contribution in [0.25, 0.3) is 0 Å². The Morgan fingerprint density at radius 1 is 0.514 bits per heavy atom. The van der Waals surface area contributed by atoms with E-state index < -0.39 is 5.60 Å². The minimum atomic E-state index is -0.403. The van der Waals surface area contributed by atoms with E-state index in [2.05, 4.69) is 100 Å². The first-order chi connectivity index (χ1) is 15.5. The summed E-state index contributed by atoms with van der Waals surface area (Å²) in [6, 6.07) is 9.12. The van der Waals surface area contributed by atoms with Crippen LogP contribution < -0.4 is 0 Å². The molecular formula is C32H49HfO2-. The molecule has 3 rings (SSSR count). The van der Waals surface area contributed by atoms with Gasteiger partial charge in [0.25, 0.3) is 0 Å². The number of hydrogen-bond donors (Lipinski definition) is 1. The molecule has 1 N–H and O–H groups in total. The van der Waals surface area contributed by atoms with E-state index in [0.29, 0.717) is 0 Å². The molecule has 1 aromatic carbocycles. The van der Waals surface area contributed by atoms with E-state index in [9.17, 15) is 0 Å². The Bertz CT molecular complexity index is 545. The van der Waals surface area contributed by atoms with Crippen LogP contribution in [-0.4, -0.2) is 10.9 Å². The van der Waals surface area contributed by atoms with E-state index in [1.807, 2.05) is 12.1 Å². The molecule has 1 aromatic rings. The van der Waals surface area contributed by atoms with Gasteiger partial charge in [-0.25, -0.2) is 4.89 Å². The van der Waals surface area contributed by atoms with Gasteiger partial charge >= 0.3 is 0 Å². The summed E-state index contributed by atoms with van der Waals surface area (Å²) in [5.74, 6) is 14.7. The molecule has 2 fully saturated rings. The molecule has 2 saturated carbocycles. The Balaban J connectivity index is 0. The van der Waals surface area contributed by atoms with Gasteiger partial charge in [0.2, 0.25) is 0 Å². The molecule has 10 radical (unpaired) electrons. The molecule has 0 spiro atoms. The fourth-order valence-electron chi connectivity index (χ4n) is 3.56. The number of hydrogen-bond acceptors (Lipinski definition) is 2. The van der Waals surface area contributed by atoms with Gasteiger partial charge in [0, 0.05) is 25.8 Å². The van der Waals surface area contributed by atoms with Crippen molar-refractivity contribution in [1.82, 2.24) is 0 Å². The zero-order chi connectivity index (χ0) is 27.0. The summed E-state index contributed by atoms with van der Waals surface area (Å²) in [4.78, 5) is 3.94. The molecule has 0 atom stereocenters. The minimum Gasteiger partial charge on any atom is -0.251 e. The van der Waals surface area contributed by atoms with Crippen LogP contribution in [0.3, 0.4) is 0 Å². The number of aryl methyl sites for hydroxylation is 2. The topological polar surface area (TPSA) is 29.5 Å². The van der Waals surface area contributed by atoms with Crippen molar-refractivity contribution < 1.29 is 36.0 Å². The normalized spacial score (nSPS) is 20.5. The van der Waals surface area contributed by atoms with Gasteiger partial charge in [-0.15, -0.1) is 0 Å². The third-order valence-corrected chi connectivity index (χ3v) is 6.98. The maximum absolute atomic E-state index is 7.90. The molecule has 2 aliphatic carbocycles. The van der Waals surface area contributed by atoms with Crippen LogP contribution in [0.2, 0.25) is 0 Å². The molecule has 0 saturated heterocycles. The van der Waals surface area contributed by atoms with Gasteiger partial charge in [0.1, 0.15) is 0 Å². The average molecular weight is 644 g/mol. The van der Waals surface area contributed by atoms with Gasteiger partial charge in [-0.1, -0.05) is 83.1 Å². The zero-order valence-corrected chi connectivity index (χ0v) is 28.7. The maximum Gasteiger partial charge on any atom is 0.0949 e. The summed E-state index contributed by atoms with van der Waals surface area (Å²) in [5.41, 5.74) is 2.16. The predicted molar refractivity (Wildman–Crippen MR) is 147 cm³/mol. The first-order valence-electron chi connectivity index (χ1n) is 12.1. The number of benzene rings is 1. The van der Waals surface area contributed by atoms with Crippen molar-refractivity contribution >= 4 is 0 Å². The van der Waals surface area contributed by atoms with Gasteiger partial charge < -0.3 is 0 Å². The molecule has 2 nitrogen and oxygen atoms in total. The van der Waals surface area contributed by atoms with Gasteiger partial charge in [-0.05, 0) is 80.0 Å². The van der Waals surface area contributed by atoms with Gasteiger partial charge in [-0.2, -0.15) is 35.4 Å². The van der Waals surface area contributed by atoms with E-state index >= 15 is 0 Å². The molecule has 3 heteroatoms. The summed E-state index contributed by atoms with van der Waals surface area (Å²) in [6.07, 6.45) is 0. The first-order valence-corrected chi connectivity index (χ1v) is 12.1. The molecule has 35 heavy (non-hydrogen) atoms. The molecule has 0 aromatic heterocycles. The Kier molecular flexibility index (Phi) is 17.8. The molecular weight excluding hydrogens is 595 g/mol. The van der Waals surface area contributed by atoms with Crippen molar-refractivity contribution in [2.75, 3.05) is 0 Å². The molecule has 0 bridgehead atoms. The second kappa shape index (κ2) is 16.8. The monoisotopic (exact) mass is 645 g/mol. The quantitative estimate of drug-likeness (QED) is 0.132. The average Bonchev–Trinajstić information content (AvgIpc) is 3.04. The fourth-order valence-corrected chi connectivity index (χ4v) is 3.56. The first kappa shape index (κ1) is 37.2. The van der Waals surface area contributed by atoms with E-state index in [1.165, 1.54) is 70.3 Å². The Hall–Kier alpha value is 0.0101. The second-order valence-corrected chi connectivity index (χ2v) is 10.5. The van der Waals surface area contributed by atoms with Crippen LogP contribution in [0.5, 0.6) is 0 Å². The maximum atomic E-state index is 7.90. The Morgan fingerprint density at radius 2 is 0.686 bits per heavy atom. The fraction of sp³-hybridized carbons (Fsp3) is 0.500. The summed E-state index contributed by atoms with van der Waals surface area (Å²) in [7, 11) is 0. The van der Waals surface area contributed by atoms with Crippen molar-refractivity contribution in [3.8, 4) is 0 Å². The van der Waals surface area contributed by atoms with E-state index in [4.69, 9.17) is 5.26 Å². The van der Waals surface area contributed by atoms with Crippen LogP contribution in [0.1, 0.15) is 101 Å². The summed E-state index contributed by atoms with van der Waals surface area (Å²) in [6.45, 7) is 31.4. The van der Waals surface area contributed by atoms with E-state index in [1.54, 1.807) is 20.8 Å². The van der Waals surface area contributed by atoms with Crippen molar-refractivity contribution in [1.29, 1.82) is 0 Å². The molecule has 0 unspecified atom stereocenters. The Labute approximate surface area is 239 Å². The molecule has 194 valence electrons. The van der Waals surface area contributed by atoms with Crippen LogP contribution >= 0.6 is 0 Å². The van der Waals surface area contributed by atoms with Crippen LogP contribution in [0.4, 0.5) is 0 Å². The molecule has 0 heterocycles. The second-order valence-electron chi connectivity index (χ2n) is 10.5. The summed E-state index contributed by atoms with van der Waals surface area (Å²) >= 11 is 0. The van der Waals surface area contributed by atoms with Crippen LogP contribution in [-0.2, 0) is 30.7 Å². The standard InChI is InChI=1S/2C10H15.C8H9.C4H10O2.Hf/c2*1-6-7(2)9(4)10(5)8(6)3;1-7-4-3-5-8(2)6-7;1-4(2,3)6-5;/h2*1-5H3;4-6H,1-2H3;5H,1-3H3;/q;;-1;;. The van der Waals surface area contributed by atoms with Gasteiger partial charge in [0.05, 0.1) is 5.60 Å². The number of rotatable bonds is 0. The van der Waals surface area contributed by atoms with Crippen LogP contribution in [0.15, 0.2) is 18.2 Å². The smallest absolute Gasteiger partial charge is 0.0949 e. The summed E-state index contributed by atoms with van der Waals surface area (Å²) in [5, 5.41) is 7.90. The van der Waals surface area contributed by atoms with E-state index in [0.717, 1.165) is 0 Å². The SMILES string of the molecule is CC(C)(C)OO.C[C]1[C](C)[C](C)[C](C)[C]1C.C[C]1[C](C)[C](C)[C](C)[C]1C.Cc1c[c-]cc(C)c1.[Hf]. The third-order valence-electron chi connectivity index (χ3n) is 6.98. The molecule has 2 aliphatic rings. The third kappa shape index (κ3) is 12.4.